The predicted molar refractivity (Wildman–Crippen MR) is 75.9 cm³/mol. The lowest BCUT2D eigenvalue weighted by Crippen LogP contribution is -2.21. The van der Waals surface area contributed by atoms with E-state index in [2.05, 4.69) is 5.16 Å². The Kier molecular flexibility index (Phi) is 3.68. The van der Waals surface area contributed by atoms with Gasteiger partial charge < -0.3 is 19.5 Å². The fraction of sp³-hybridized carbons (Fsp3) is 0.214. The van der Waals surface area contributed by atoms with Gasteiger partial charge in [-0.1, -0.05) is 17.3 Å². The second-order valence-electron chi connectivity index (χ2n) is 4.29. The Bertz CT molecular complexity index is 692. The van der Waals surface area contributed by atoms with Crippen molar-refractivity contribution >= 4 is 22.3 Å². The number of ether oxygens (including phenoxy) is 1. The van der Waals surface area contributed by atoms with Gasteiger partial charge in [0.15, 0.2) is 5.75 Å². The summed E-state index contributed by atoms with van der Waals surface area (Å²) >= 11 is 1.59. The summed E-state index contributed by atoms with van der Waals surface area (Å²) in [5.41, 5.74) is 1.32. The number of aliphatic hydroxyl groups excluding tert-OH is 2. The van der Waals surface area contributed by atoms with Gasteiger partial charge in [-0.25, -0.2) is 0 Å². The van der Waals surface area contributed by atoms with Gasteiger partial charge in [0.05, 0.1) is 16.9 Å². The highest BCUT2D eigenvalue weighted by Crippen LogP contribution is 2.35. The van der Waals surface area contributed by atoms with E-state index in [0.717, 1.165) is 16.0 Å². The van der Waals surface area contributed by atoms with Crippen LogP contribution in [0.5, 0.6) is 5.75 Å². The normalized spacial score (nSPS) is 12.7. The second-order valence-corrected chi connectivity index (χ2v) is 5.24. The van der Waals surface area contributed by atoms with Gasteiger partial charge in [-0.15, -0.1) is 11.3 Å². The third-order valence-corrected chi connectivity index (χ3v) is 3.74. The number of nitrogens with zero attached hydrogens (tertiary/aromatic N) is 1. The van der Waals surface area contributed by atoms with Gasteiger partial charge in [0.2, 0.25) is 5.58 Å². The van der Waals surface area contributed by atoms with Gasteiger partial charge in [0.1, 0.15) is 18.4 Å². The lowest BCUT2D eigenvalue weighted by Gasteiger charge is -2.09. The number of para-hydroxylation sites is 1. The van der Waals surface area contributed by atoms with Crippen molar-refractivity contribution in [1.29, 1.82) is 0 Å². The minimum absolute atomic E-state index is 0.00461. The Labute approximate surface area is 119 Å². The molecule has 1 aromatic carbocycles. The van der Waals surface area contributed by atoms with Crippen LogP contribution in [0.15, 0.2) is 40.2 Å². The molecule has 5 nitrogen and oxygen atoms in total. The topological polar surface area (TPSA) is 75.7 Å². The van der Waals surface area contributed by atoms with Crippen molar-refractivity contribution in [2.45, 2.75) is 6.10 Å². The molecule has 2 heterocycles. The summed E-state index contributed by atoms with van der Waals surface area (Å²) in [6.07, 6.45) is -0.912. The van der Waals surface area contributed by atoms with Crippen molar-refractivity contribution in [3.05, 3.63) is 35.7 Å². The molecular formula is C14H13NO4S. The first-order valence-electron chi connectivity index (χ1n) is 6.13. The monoisotopic (exact) mass is 291 g/mol. The number of benzene rings is 1. The molecule has 0 spiro atoms. The van der Waals surface area contributed by atoms with E-state index in [0.29, 0.717) is 11.3 Å². The Morgan fingerprint density at radius 2 is 2.20 bits per heavy atom. The van der Waals surface area contributed by atoms with Crippen LogP contribution in [-0.4, -0.2) is 34.7 Å². The van der Waals surface area contributed by atoms with Crippen LogP contribution in [0.3, 0.4) is 0 Å². The van der Waals surface area contributed by atoms with Crippen LogP contribution in [0.4, 0.5) is 0 Å². The molecule has 0 aliphatic heterocycles. The number of rotatable bonds is 5. The van der Waals surface area contributed by atoms with Gasteiger partial charge >= 0.3 is 0 Å². The highest BCUT2D eigenvalue weighted by molar-refractivity contribution is 7.13. The molecule has 104 valence electrons. The summed E-state index contributed by atoms with van der Waals surface area (Å²) in [5.74, 6) is 0.505. The maximum atomic E-state index is 9.33. The molecule has 2 aromatic heterocycles. The Hall–Kier alpha value is -1.89. The maximum Gasteiger partial charge on any atom is 0.209 e. The van der Waals surface area contributed by atoms with Gasteiger partial charge in [-0.3, -0.25) is 0 Å². The Morgan fingerprint density at radius 1 is 1.30 bits per heavy atom. The average Bonchev–Trinajstić information content (AvgIpc) is 3.12. The lowest BCUT2D eigenvalue weighted by molar-refractivity contribution is 0.0537. The van der Waals surface area contributed by atoms with Crippen molar-refractivity contribution < 1.29 is 19.5 Å². The molecule has 0 radical (unpaired) electrons. The van der Waals surface area contributed by atoms with Crippen LogP contribution < -0.4 is 4.74 Å². The fourth-order valence-corrected chi connectivity index (χ4v) is 2.60. The molecule has 0 bridgehead atoms. The number of hydrogen-bond donors (Lipinski definition) is 2. The number of aliphatic hydroxyl groups is 2. The smallest absolute Gasteiger partial charge is 0.209 e. The first-order valence-corrected chi connectivity index (χ1v) is 7.01. The van der Waals surface area contributed by atoms with E-state index < -0.39 is 6.10 Å². The molecule has 6 heteroatoms. The van der Waals surface area contributed by atoms with Crippen molar-refractivity contribution in [3.8, 4) is 16.3 Å². The van der Waals surface area contributed by atoms with E-state index in [9.17, 15) is 5.11 Å². The second kappa shape index (κ2) is 5.62. The highest BCUT2D eigenvalue weighted by atomic mass is 32.1. The Balaban J connectivity index is 1.95. The molecule has 20 heavy (non-hydrogen) atoms. The third-order valence-electron chi connectivity index (χ3n) is 2.86. The van der Waals surface area contributed by atoms with E-state index in [1.54, 1.807) is 17.4 Å². The molecule has 1 unspecified atom stereocenters. The van der Waals surface area contributed by atoms with Crippen molar-refractivity contribution in [2.24, 2.45) is 0 Å². The minimum Gasteiger partial charge on any atom is -0.487 e. The molecule has 0 fully saturated rings. The van der Waals surface area contributed by atoms with E-state index in [4.69, 9.17) is 14.4 Å². The molecule has 0 aliphatic rings. The molecule has 2 N–H and O–H groups in total. The summed E-state index contributed by atoms with van der Waals surface area (Å²) in [6, 6.07) is 9.44. The maximum absolute atomic E-state index is 9.33. The summed E-state index contributed by atoms with van der Waals surface area (Å²) < 4.78 is 10.8. The number of fused-ring (bicyclic) bond motifs is 1. The van der Waals surface area contributed by atoms with Crippen LogP contribution in [0, 0.1) is 0 Å². The zero-order chi connectivity index (χ0) is 13.9. The van der Waals surface area contributed by atoms with Gasteiger partial charge in [0.25, 0.3) is 0 Å². The molecule has 1 atom stereocenters. The van der Waals surface area contributed by atoms with Crippen molar-refractivity contribution in [1.82, 2.24) is 5.16 Å². The van der Waals surface area contributed by atoms with Crippen LogP contribution in [0.25, 0.3) is 21.5 Å². The molecule has 0 amide bonds. The molecule has 0 saturated carbocycles. The molecule has 0 aliphatic carbocycles. The van der Waals surface area contributed by atoms with Crippen LogP contribution in [0.1, 0.15) is 0 Å². The zero-order valence-corrected chi connectivity index (χ0v) is 11.3. The zero-order valence-electron chi connectivity index (χ0n) is 10.5. The molecule has 3 rings (SSSR count). The first kappa shape index (κ1) is 13.1. The summed E-state index contributed by atoms with van der Waals surface area (Å²) in [7, 11) is 0. The van der Waals surface area contributed by atoms with Gasteiger partial charge in [0, 0.05) is 0 Å². The quantitative estimate of drug-likeness (QED) is 0.754. The fourth-order valence-electron chi connectivity index (χ4n) is 1.88. The van der Waals surface area contributed by atoms with Gasteiger partial charge in [-0.05, 0) is 23.6 Å². The summed E-state index contributed by atoms with van der Waals surface area (Å²) in [4.78, 5) is 1.02. The van der Waals surface area contributed by atoms with Crippen LogP contribution in [0.2, 0.25) is 0 Å². The average molecular weight is 291 g/mol. The molecular weight excluding hydrogens is 278 g/mol. The van der Waals surface area contributed by atoms with Crippen molar-refractivity contribution in [3.63, 3.8) is 0 Å². The minimum atomic E-state index is -0.912. The number of hydrogen-bond acceptors (Lipinski definition) is 6. The lowest BCUT2D eigenvalue weighted by atomic mass is 10.2. The highest BCUT2D eigenvalue weighted by Gasteiger charge is 2.15. The number of thiophene rings is 1. The van der Waals surface area contributed by atoms with E-state index in [-0.39, 0.29) is 13.2 Å². The van der Waals surface area contributed by atoms with Crippen LogP contribution >= 0.6 is 11.3 Å². The SMILES string of the molecule is OCC(O)COc1cccc2c(-c3cccs3)noc12. The standard InChI is InChI=1S/C14H13NO4S/c16-7-9(17)8-18-11-4-1-3-10-13(15-19-14(10)11)12-5-2-6-20-12/h1-6,9,16-17H,7-8H2. The van der Waals surface area contributed by atoms with Crippen LogP contribution in [-0.2, 0) is 0 Å². The predicted octanol–water partition coefficient (Wildman–Crippen LogP) is 2.29. The summed E-state index contributed by atoms with van der Waals surface area (Å²) in [6.45, 7) is -0.336. The van der Waals surface area contributed by atoms with Gasteiger partial charge in [-0.2, -0.15) is 0 Å². The summed E-state index contributed by atoms with van der Waals surface area (Å²) in [5, 5.41) is 25.1. The number of aromatic nitrogens is 1. The largest absolute Gasteiger partial charge is 0.487 e. The third kappa shape index (κ3) is 2.40. The first-order chi connectivity index (χ1) is 9.79. The van der Waals surface area contributed by atoms with E-state index in [1.165, 1.54) is 0 Å². The molecule has 3 aromatic rings. The Morgan fingerprint density at radius 3 is 2.95 bits per heavy atom. The van der Waals surface area contributed by atoms with E-state index >= 15 is 0 Å². The molecule has 0 saturated heterocycles. The van der Waals surface area contributed by atoms with Crippen molar-refractivity contribution in [2.75, 3.05) is 13.2 Å². The van der Waals surface area contributed by atoms with E-state index in [1.807, 2.05) is 29.6 Å².